The Morgan fingerprint density at radius 1 is 1.03 bits per heavy atom. The summed E-state index contributed by atoms with van der Waals surface area (Å²) in [6.45, 7) is 6.01. The summed E-state index contributed by atoms with van der Waals surface area (Å²) in [5, 5.41) is 9.41. The van der Waals surface area contributed by atoms with Gasteiger partial charge in [-0.3, -0.25) is 9.79 Å². The minimum Gasteiger partial charge on any atom is -0.489 e. The third-order valence-electron chi connectivity index (χ3n) is 4.07. The molecule has 1 atom stereocenters. The lowest BCUT2D eigenvalue weighted by Gasteiger charge is -2.18. The quantitative estimate of drug-likeness (QED) is 0.209. The average Bonchev–Trinajstić information content (AvgIpc) is 2.70. The summed E-state index contributed by atoms with van der Waals surface area (Å²) in [5.41, 5.74) is 1.85. The fourth-order valence-electron chi connectivity index (χ4n) is 2.61. The van der Waals surface area contributed by atoms with E-state index in [-0.39, 0.29) is 36.0 Å². The molecule has 1 unspecified atom stereocenters. The van der Waals surface area contributed by atoms with Crippen LogP contribution in [0, 0.1) is 6.92 Å². The maximum Gasteiger partial charge on any atom is 0.251 e. The van der Waals surface area contributed by atoms with Crippen molar-refractivity contribution in [2.75, 3.05) is 26.7 Å². The van der Waals surface area contributed by atoms with Crippen LogP contribution >= 0.6 is 24.0 Å². The maximum atomic E-state index is 12.0. The van der Waals surface area contributed by atoms with Gasteiger partial charge in [-0.15, -0.1) is 24.0 Å². The first-order valence-electron chi connectivity index (χ1n) is 9.59. The van der Waals surface area contributed by atoms with Gasteiger partial charge in [0.1, 0.15) is 11.9 Å². The molecule has 0 aliphatic rings. The van der Waals surface area contributed by atoms with Crippen LogP contribution in [0.15, 0.2) is 59.6 Å². The third-order valence-corrected chi connectivity index (χ3v) is 4.07. The molecular formula is C22H31IN4O2. The highest BCUT2D eigenvalue weighted by molar-refractivity contribution is 14.0. The van der Waals surface area contributed by atoms with E-state index in [2.05, 4.69) is 20.9 Å². The molecule has 1 amide bonds. The molecule has 0 spiro atoms. The number of aryl methyl sites for hydroxylation is 1. The number of carbonyl (C=O) groups excluding carboxylic acids is 1. The summed E-state index contributed by atoms with van der Waals surface area (Å²) in [6, 6.07) is 17.2. The summed E-state index contributed by atoms with van der Waals surface area (Å²) in [4.78, 5) is 16.2. The van der Waals surface area contributed by atoms with Gasteiger partial charge in [-0.1, -0.05) is 30.3 Å². The average molecular weight is 510 g/mol. The predicted molar refractivity (Wildman–Crippen MR) is 129 cm³/mol. The fraction of sp³-hybridized carbons (Fsp3) is 0.364. The monoisotopic (exact) mass is 510 g/mol. The Labute approximate surface area is 190 Å². The number of guanidine groups is 1. The number of hydrogen-bond donors (Lipinski definition) is 3. The third kappa shape index (κ3) is 9.65. The number of aliphatic imine (C=N–C) groups is 1. The second kappa shape index (κ2) is 13.8. The molecule has 0 radical (unpaired) electrons. The van der Waals surface area contributed by atoms with Crippen molar-refractivity contribution in [3.05, 3.63) is 65.7 Å². The first-order valence-corrected chi connectivity index (χ1v) is 9.59. The Bertz CT molecular complexity index is 768. The van der Waals surface area contributed by atoms with Crippen molar-refractivity contribution in [3.63, 3.8) is 0 Å². The van der Waals surface area contributed by atoms with Crippen molar-refractivity contribution >= 4 is 35.8 Å². The molecule has 2 aromatic rings. The summed E-state index contributed by atoms with van der Waals surface area (Å²) in [5.74, 6) is 1.53. The van der Waals surface area contributed by atoms with Gasteiger partial charge in [-0.2, -0.15) is 0 Å². The highest BCUT2D eigenvalue weighted by Gasteiger charge is 2.06. The van der Waals surface area contributed by atoms with Gasteiger partial charge in [0.2, 0.25) is 0 Å². The van der Waals surface area contributed by atoms with Crippen molar-refractivity contribution in [2.45, 2.75) is 26.4 Å². The number of carbonyl (C=O) groups is 1. The van der Waals surface area contributed by atoms with Gasteiger partial charge in [-0.05, 0) is 50.1 Å². The van der Waals surface area contributed by atoms with Gasteiger partial charge in [0.15, 0.2) is 5.96 Å². The van der Waals surface area contributed by atoms with E-state index in [1.165, 1.54) is 5.56 Å². The fourth-order valence-corrected chi connectivity index (χ4v) is 2.61. The summed E-state index contributed by atoms with van der Waals surface area (Å²) in [7, 11) is 1.73. The van der Waals surface area contributed by atoms with E-state index in [1.807, 2.05) is 56.3 Å². The van der Waals surface area contributed by atoms with Crippen molar-refractivity contribution in [1.29, 1.82) is 0 Å². The van der Waals surface area contributed by atoms with E-state index < -0.39 is 0 Å². The zero-order valence-corrected chi connectivity index (χ0v) is 19.6. The van der Waals surface area contributed by atoms with E-state index in [4.69, 9.17) is 4.74 Å². The molecule has 0 bridgehead atoms. The molecule has 0 aliphatic heterocycles. The zero-order chi connectivity index (χ0) is 20.2. The number of nitrogens with one attached hydrogen (secondary N) is 3. The number of nitrogens with zero attached hydrogens (tertiary/aromatic N) is 1. The van der Waals surface area contributed by atoms with Crippen molar-refractivity contribution in [1.82, 2.24) is 16.0 Å². The van der Waals surface area contributed by atoms with Crippen molar-refractivity contribution in [2.24, 2.45) is 4.99 Å². The first kappa shape index (κ1) is 24.7. The zero-order valence-electron chi connectivity index (χ0n) is 17.3. The molecule has 0 aromatic heterocycles. The standard InChI is InChI=1S/C22H30N4O2.HI/c1-17-9-7-12-20(15-17)28-18(2)16-26-22(23-3)25-14-8-13-24-21(27)19-10-5-4-6-11-19;/h4-7,9-12,15,18H,8,13-14,16H2,1-3H3,(H,24,27)(H2,23,25,26);1H. The van der Waals surface area contributed by atoms with Crippen LogP contribution in [0.3, 0.4) is 0 Å². The highest BCUT2D eigenvalue weighted by Crippen LogP contribution is 2.13. The number of benzene rings is 2. The van der Waals surface area contributed by atoms with E-state index in [0.717, 1.165) is 12.2 Å². The second-order valence-electron chi connectivity index (χ2n) is 6.60. The molecule has 0 saturated heterocycles. The summed E-state index contributed by atoms with van der Waals surface area (Å²) >= 11 is 0. The second-order valence-corrected chi connectivity index (χ2v) is 6.60. The Hall–Kier alpha value is -2.29. The molecule has 0 saturated carbocycles. The number of amides is 1. The van der Waals surface area contributed by atoms with Crippen LogP contribution < -0.4 is 20.7 Å². The van der Waals surface area contributed by atoms with Crippen LogP contribution in [0.2, 0.25) is 0 Å². The van der Waals surface area contributed by atoms with Gasteiger partial charge in [0, 0.05) is 25.7 Å². The Morgan fingerprint density at radius 3 is 2.45 bits per heavy atom. The van der Waals surface area contributed by atoms with Gasteiger partial charge >= 0.3 is 0 Å². The smallest absolute Gasteiger partial charge is 0.251 e. The topological polar surface area (TPSA) is 74.8 Å². The molecule has 29 heavy (non-hydrogen) atoms. The van der Waals surface area contributed by atoms with Crippen LogP contribution in [0.25, 0.3) is 0 Å². The molecule has 2 aromatic carbocycles. The molecule has 0 aliphatic carbocycles. The van der Waals surface area contributed by atoms with Crippen LogP contribution in [0.4, 0.5) is 0 Å². The SMILES string of the molecule is CN=C(NCCCNC(=O)c1ccccc1)NCC(C)Oc1cccc(C)c1.I. The Morgan fingerprint density at radius 2 is 1.76 bits per heavy atom. The number of ether oxygens (including phenoxy) is 1. The largest absolute Gasteiger partial charge is 0.489 e. The van der Waals surface area contributed by atoms with Crippen LogP contribution in [0.1, 0.15) is 29.3 Å². The Kier molecular flexibility index (Phi) is 11.8. The minimum atomic E-state index is -0.0507. The summed E-state index contributed by atoms with van der Waals surface area (Å²) < 4.78 is 5.91. The predicted octanol–water partition coefficient (Wildman–Crippen LogP) is 3.37. The molecule has 2 rings (SSSR count). The van der Waals surface area contributed by atoms with Gasteiger partial charge in [-0.25, -0.2) is 0 Å². The van der Waals surface area contributed by atoms with E-state index >= 15 is 0 Å². The molecule has 7 heteroatoms. The Balaban J connectivity index is 0.00000420. The van der Waals surface area contributed by atoms with E-state index in [1.54, 1.807) is 19.2 Å². The van der Waals surface area contributed by atoms with Crippen molar-refractivity contribution < 1.29 is 9.53 Å². The molecule has 6 nitrogen and oxygen atoms in total. The lowest BCUT2D eigenvalue weighted by molar-refractivity contribution is 0.0953. The normalized spacial score (nSPS) is 11.8. The van der Waals surface area contributed by atoms with Crippen LogP contribution in [0.5, 0.6) is 5.75 Å². The molecule has 0 fully saturated rings. The van der Waals surface area contributed by atoms with Crippen LogP contribution in [-0.4, -0.2) is 44.7 Å². The lowest BCUT2D eigenvalue weighted by atomic mass is 10.2. The van der Waals surface area contributed by atoms with E-state index in [0.29, 0.717) is 31.2 Å². The van der Waals surface area contributed by atoms with Gasteiger partial charge < -0.3 is 20.7 Å². The highest BCUT2D eigenvalue weighted by atomic mass is 127. The molecular weight excluding hydrogens is 479 g/mol. The van der Waals surface area contributed by atoms with Gasteiger partial charge in [0.25, 0.3) is 5.91 Å². The lowest BCUT2D eigenvalue weighted by Crippen LogP contribution is -2.42. The first-order chi connectivity index (χ1) is 13.6. The molecule has 0 heterocycles. The minimum absolute atomic E-state index is 0. The molecule has 158 valence electrons. The number of halogens is 1. The van der Waals surface area contributed by atoms with Crippen molar-refractivity contribution in [3.8, 4) is 5.75 Å². The van der Waals surface area contributed by atoms with Crippen LogP contribution in [-0.2, 0) is 0 Å². The van der Waals surface area contributed by atoms with E-state index in [9.17, 15) is 4.79 Å². The summed E-state index contributed by atoms with van der Waals surface area (Å²) in [6.07, 6.45) is 0.805. The van der Waals surface area contributed by atoms with Gasteiger partial charge in [0.05, 0.1) is 6.54 Å². The molecule has 3 N–H and O–H groups in total. The number of hydrogen-bond acceptors (Lipinski definition) is 3. The maximum absolute atomic E-state index is 12.0. The number of rotatable bonds is 9.